The lowest BCUT2D eigenvalue weighted by Gasteiger charge is -2.37. The predicted octanol–water partition coefficient (Wildman–Crippen LogP) is 1.91. The first-order valence-corrected chi connectivity index (χ1v) is 3.64. The van der Waals surface area contributed by atoms with E-state index in [1.54, 1.807) is 0 Å². The third kappa shape index (κ3) is 0.817. The van der Waals surface area contributed by atoms with Crippen molar-refractivity contribution in [3.05, 3.63) is 0 Å². The van der Waals surface area contributed by atoms with Crippen molar-refractivity contribution in [2.45, 2.75) is 25.9 Å². The van der Waals surface area contributed by atoms with Crippen molar-refractivity contribution in [1.29, 1.82) is 0 Å². The molecule has 0 bridgehead atoms. The lowest BCUT2D eigenvalue weighted by molar-refractivity contribution is 0.248. The highest BCUT2D eigenvalue weighted by Gasteiger charge is 2.30. The molecule has 42 valence electrons. The molecule has 0 radical (unpaired) electrons. The van der Waals surface area contributed by atoms with E-state index < -0.39 is 0 Å². The minimum absolute atomic E-state index is 0.917. The summed E-state index contributed by atoms with van der Waals surface area (Å²) in [5.41, 5.74) is 0.917. The Morgan fingerprint density at radius 2 is 1.71 bits per heavy atom. The van der Waals surface area contributed by atoms with E-state index in [2.05, 4.69) is 23.1 Å². The molecule has 1 rings (SSSR count). The second-order valence-electron chi connectivity index (χ2n) is 2.77. The molecule has 0 aromatic heterocycles. The predicted molar refractivity (Wildman–Crippen MR) is 36.4 cm³/mol. The molecule has 0 heterocycles. The summed E-state index contributed by atoms with van der Waals surface area (Å²) in [5.74, 6) is 1.94. The monoisotopic (exact) mass is 116 g/mol. The van der Waals surface area contributed by atoms with Crippen molar-refractivity contribution >= 4 is 9.24 Å². The number of hydrogen-bond donors (Lipinski definition) is 0. The van der Waals surface area contributed by atoms with Gasteiger partial charge in [0.25, 0.3) is 0 Å². The summed E-state index contributed by atoms with van der Waals surface area (Å²) in [5, 5.41) is 0. The number of rotatable bonds is 0. The minimum Gasteiger partial charge on any atom is -0.134 e. The van der Waals surface area contributed by atoms with Crippen LogP contribution in [0.4, 0.5) is 0 Å². The maximum absolute atomic E-state index is 2.90. The molecule has 1 fully saturated rings. The summed E-state index contributed by atoms with van der Waals surface area (Å²) in [4.78, 5) is 0. The average Bonchev–Trinajstić information content (AvgIpc) is 1.68. The maximum Gasteiger partial charge on any atom is -0.0213 e. The Balaban J connectivity index is 2.29. The first-order chi connectivity index (χ1) is 3.22. The van der Waals surface area contributed by atoms with Crippen LogP contribution in [-0.2, 0) is 0 Å². The average molecular weight is 116 g/mol. The summed E-state index contributed by atoms with van der Waals surface area (Å²) in [6.07, 6.45) is 1.44. The summed E-state index contributed by atoms with van der Waals surface area (Å²) < 4.78 is 0. The van der Waals surface area contributed by atoms with Gasteiger partial charge in [-0.1, -0.05) is 13.8 Å². The quantitative estimate of drug-likeness (QED) is 0.424. The lowest BCUT2D eigenvalue weighted by atomic mass is 9.77. The van der Waals surface area contributed by atoms with Crippen molar-refractivity contribution in [3.63, 3.8) is 0 Å². The Hall–Kier alpha value is 0.430. The van der Waals surface area contributed by atoms with Crippen LogP contribution in [0.3, 0.4) is 0 Å². The van der Waals surface area contributed by atoms with Gasteiger partial charge in [-0.2, -0.15) is 0 Å². The Morgan fingerprint density at radius 1 is 1.29 bits per heavy atom. The SMILES string of the molecule is CC1CC(C)C1P. The first-order valence-electron chi connectivity index (χ1n) is 2.97. The molecule has 0 nitrogen and oxygen atoms in total. The van der Waals surface area contributed by atoms with Crippen LogP contribution in [0.2, 0.25) is 0 Å². The van der Waals surface area contributed by atoms with E-state index in [4.69, 9.17) is 0 Å². The second kappa shape index (κ2) is 1.74. The van der Waals surface area contributed by atoms with E-state index in [1.165, 1.54) is 6.42 Å². The summed E-state index contributed by atoms with van der Waals surface area (Å²) >= 11 is 0. The van der Waals surface area contributed by atoms with Gasteiger partial charge in [0.05, 0.1) is 0 Å². The Morgan fingerprint density at radius 3 is 1.71 bits per heavy atom. The molecule has 0 aromatic rings. The van der Waals surface area contributed by atoms with Crippen LogP contribution < -0.4 is 0 Å². The standard InChI is InChI=1S/C6H13P/c1-4-3-5(2)6(4)7/h4-6H,3,7H2,1-2H3. The molecular formula is C6H13P. The van der Waals surface area contributed by atoms with Gasteiger partial charge in [-0.05, 0) is 23.9 Å². The maximum atomic E-state index is 2.90. The van der Waals surface area contributed by atoms with Gasteiger partial charge in [0.15, 0.2) is 0 Å². The Labute approximate surface area is 47.9 Å². The van der Waals surface area contributed by atoms with Gasteiger partial charge in [0.1, 0.15) is 0 Å². The van der Waals surface area contributed by atoms with Crippen molar-refractivity contribution in [3.8, 4) is 0 Å². The van der Waals surface area contributed by atoms with Crippen LogP contribution in [-0.4, -0.2) is 5.66 Å². The van der Waals surface area contributed by atoms with Crippen LogP contribution >= 0.6 is 9.24 Å². The molecular weight excluding hydrogens is 103 g/mol. The van der Waals surface area contributed by atoms with Crippen LogP contribution in [0.5, 0.6) is 0 Å². The third-order valence-corrected chi connectivity index (χ3v) is 3.37. The zero-order valence-corrected chi connectivity index (χ0v) is 6.17. The summed E-state index contributed by atoms with van der Waals surface area (Å²) in [6.45, 7) is 4.63. The second-order valence-corrected chi connectivity index (χ2v) is 3.54. The largest absolute Gasteiger partial charge is 0.134 e. The van der Waals surface area contributed by atoms with Crippen LogP contribution in [0, 0.1) is 11.8 Å². The fourth-order valence-electron chi connectivity index (χ4n) is 1.27. The molecule has 1 saturated carbocycles. The highest BCUT2D eigenvalue weighted by atomic mass is 31.0. The summed E-state index contributed by atoms with van der Waals surface area (Å²) in [6, 6.07) is 0. The normalized spacial score (nSPS) is 51.0. The molecule has 0 aromatic carbocycles. The van der Waals surface area contributed by atoms with Gasteiger partial charge in [0, 0.05) is 0 Å². The van der Waals surface area contributed by atoms with Crippen molar-refractivity contribution < 1.29 is 0 Å². The molecule has 0 spiro atoms. The van der Waals surface area contributed by atoms with E-state index in [-0.39, 0.29) is 0 Å². The fraction of sp³-hybridized carbons (Fsp3) is 1.00. The molecule has 0 aliphatic heterocycles. The van der Waals surface area contributed by atoms with E-state index in [0.717, 1.165) is 17.5 Å². The molecule has 1 aliphatic rings. The van der Waals surface area contributed by atoms with Gasteiger partial charge in [-0.25, -0.2) is 0 Å². The zero-order valence-electron chi connectivity index (χ0n) is 5.02. The molecule has 0 saturated heterocycles. The van der Waals surface area contributed by atoms with Crippen molar-refractivity contribution in [1.82, 2.24) is 0 Å². The van der Waals surface area contributed by atoms with Crippen molar-refractivity contribution in [2.24, 2.45) is 11.8 Å². The van der Waals surface area contributed by atoms with Crippen LogP contribution in [0.15, 0.2) is 0 Å². The van der Waals surface area contributed by atoms with E-state index in [1.807, 2.05) is 0 Å². The van der Waals surface area contributed by atoms with E-state index >= 15 is 0 Å². The molecule has 1 heteroatoms. The molecule has 7 heavy (non-hydrogen) atoms. The molecule has 3 unspecified atom stereocenters. The molecule has 0 amide bonds. The first kappa shape index (κ1) is 5.56. The molecule has 0 N–H and O–H groups in total. The Bertz CT molecular complexity index is 62.6. The van der Waals surface area contributed by atoms with Crippen LogP contribution in [0.25, 0.3) is 0 Å². The number of hydrogen-bond acceptors (Lipinski definition) is 0. The lowest BCUT2D eigenvalue weighted by Crippen LogP contribution is -2.32. The van der Waals surface area contributed by atoms with Gasteiger partial charge in [-0.15, -0.1) is 9.24 Å². The fourth-order valence-corrected chi connectivity index (χ4v) is 1.58. The minimum atomic E-state index is 0.917. The van der Waals surface area contributed by atoms with Gasteiger partial charge in [-0.3, -0.25) is 0 Å². The highest BCUT2D eigenvalue weighted by Crippen LogP contribution is 2.38. The van der Waals surface area contributed by atoms with Gasteiger partial charge >= 0.3 is 0 Å². The third-order valence-electron chi connectivity index (χ3n) is 2.06. The van der Waals surface area contributed by atoms with Gasteiger partial charge in [0.2, 0.25) is 0 Å². The zero-order chi connectivity index (χ0) is 5.44. The van der Waals surface area contributed by atoms with E-state index in [0.29, 0.717) is 0 Å². The van der Waals surface area contributed by atoms with Crippen molar-refractivity contribution in [2.75, 3.05) is 0 Å². The van der Waals surface area contributed by atoms with Gasteiger partial charge < -0.3 is 0 Å². The topological polar surface area (TPSA) is 0 Å². The molecule has 1 aliphatic carbocycles. The summed E-state index contributed by atoms with van der Waals surface area (Å²) in [7, 11) is 2.90. The smallest absolute Gasteiger partial charge is 0.0213 e. The van der Waals surface area contributed by atoms with Crippen LogP contribution in [0.1, 0.15) is 20.3 Å². The molecule has 3 atom stereocenters. The Kier molecular flexibility index (Phi) is 1.39. The highest BCUT2D eigenvalue weighted by molar-refractivity contribution is 7.17. The van der Waals surface area contributed by atoms with E-state index in [9.17, 15) is 0 Å².